The number of amides is 1. The van der Waals surface area contributed by atoms with E-state index in [4.69, 9.17) is 5.73 Å². The van der Waals surface area contributed by atoms with Crippen LogP contribution in [0.3, 0.4) is 0 Å². The summed E-state index contributed by atoms with van der Waals surface area (Å²) in [7, 11) is 0. The summed E-state index contributed by atoms with van der Waals surface area (Å²) >= 11 is 1.73. The van der Waals surface area contributed by atoms with Crippen molar-refractivity contribution >= 4 is 47.2 Å². The predicted molar refractivity (Wildman–Crippen MR) is 114 cm³/mol. The SMILES string of the molecule is CCNC(=NCCc1ncc(C)s1)NC1CCN(CC(N)=O)CC1.I. The largest absolute Gasteiger partial charge is 0.369 e. The van der Waals surface area contributed by atoms with E-state index in [2.05, 4.69) is 39.4 Å². The zero-order chi connectivity index (χ0) is 17.4. The number of likely N-dealkylation sites (tertiary alicyclic amines) is 1. The molecule has 4 N–H and O–H groups in total. The molecule has 1 saturated heterocycles. The molecule has 1 fully saturated rings. The van der Waals surface area contributed by atoms with E-state index >= 15 is 0 Å². The van der Waals surface area contributed by atoms with Crippen LogP contribution in [0.4, 0.5) is 0 Å². The molecule has 1 amide bonds. The number of hydrogen-bond acceptors (Lipinski definition) is 5. The number of hydrogen-bond donors (Lipinski definition) is 3. The van der Waals surface area contributed by atoms with Crippen LogP contribution in [-0.4, -0.2) is 60.5 Å². The minimum absolute atomic E-state index is 0. The maximum atomic E-state index is 11.0. The second-order valence-electron chi connectivity index (χ2n) is 6.04. The average Bonchev–Trinajstić information content (AvgIpc) is 2.94. The first kappa shape index (κ1) is 22.1. The zero-order valence-corrected chi connectivity index (χ0v) is 18.1. The van der Waals surface area contributed by atoms with Crippen molar-refractivity contribution in [3.63, 3.8) is 0 Å². The smallest absolute Gasteiger partial charge is 0.231 e. The first-order valence-corrected chi connectivity index (χ1v) is 9.35. The number of aliphatic imine (C=N–C) groups is 1. The Balaban J connectivity index is 0.00000312. The van der Waals surface area contributed by atoms with Gasteiger partial charge in [-0.1, -0.05) is 0 Å². The molecule has 0 atom stereocenters. The molecule has 1 aromatic rings. The highest BCUT2D eigenvalue weighted by atomic mass is 127. The fourth-order valence-corrected chi connectivity index (χ4v) is 3.53. The number of halogens is 1. The van der Waals surface area contributed by atoms with Gasteiger partial charge in [0.15, 0.2) is 5.96 Å². The number of piperidine rings is 1. The van der Waals surface area contributed by atoms with Crippen LogP contribution in [-0.2, 0) is 11.2 Å². The number of carbonyl (C=O) groups is 1. The van der Waals surface area contributed by atoms with Crippen LogP contribution in [0.5, 0.6) is 0 Å². The Hall–Kier alpha value is -0.940. The Labute approximate surface area is 170 Å². The summed E-state index contributed by atoms with van der Waals surface area (Å²) in [5.74, 6) is 0.605. The van der Waals surface area contributed by atoms with E-state index in [0.717, 1.165) is 56.4 Å². The molecule has 0 saturated carbocycles. The number of thiazole rings is 1. The van der Waals surface area contributed by atoms with Crippen LogP contribution in [0.2, 0.25) is 0 Å². The molecule has 25 heavy (non-hydrogen) atoms. The van der Waals surface area contributed by atoms with E-state index in [0.29, 0.717) is 12.6 Å². The van der Waals surface area contributed by atoms with Gasteiger partial charge in [-0.25, -0.2) is 4.98 Å². The maximum Gasteiger partial charge on any atom is 0.231 e. The molecule has 0 aromatic carbocycles. The lowest BCUT2D eigenvalue weighted by molar-refractivity contribution is -0.119. The topological polar surface area (TPSA) is 95.6 Å². The predicted octanol–water partition coefficient (Wildman–Crippen LogP) is 1.12. The molecule has 0 spiro atoms. The summed E-state index contributed by atoms with van der Waals surface area (Å²) in [5.41, 5.74) is 5.25. The zero-order valence-electron chi connectivity index (χ0n) is 15.0. The molecule has 142 valence electrons. The van der Waals surface area contributed by atoms with E-state index < -0.39 is 0 Å². The average molecular weight is 480 g/mol. The van der Waals surface area contributed by atoms with Gasteiger partial charge in [0.05, 0.1) is 11.6 Å². The summed E-state index contributed by atoms with van der Waals surface area (Å²) in [5, 5.41) is 7.93. The molecule has 1 aliphatic rings. The van der Waals surface area contributed by atoms with Crippen molar-refractivity contribution in [3.05, 3.63) is 16.1 Å². The van der Waals surface area contributed by atoms with Gasteiger partial charge in [0, 0.05) is 49.7 Å². The Morgan fingerprint density at radius 1 is 1.48 bits per heavy atom. The van der Waals surface area contributed by atoms with Gasteiger partial charge in [-0.3, -0.25) is 14.7 Å². The Morgan fingerprint density at radius 2 is 2.20 bits per heavy atom. The standard InChI is InChI=1S/C16H28N6OS.HI/c1-3-18-16(19-7-4-15-20-10-12(2)24-15)21-13-5-8-22(9-6-13)11-14(17)23;/h10,13H,3-9,11H2,1-2H3,(H2,17,23)(H2,18,19,21);1H. The molecule has 0 aliphatic carbocycles. The van der Waals surface area contributed by atoms with E-state index in [1.165, 1.54) is 4.88 Å². The lowest BCUT2D eigenvalue weighted by atomic mass is 10.1. The fourth-order valence-electron chi connectivity index (χ4n) is 2.75. The molecule has 2 rings (SSSR count). The van der Waals surface area contributed by atoms with Crippen molar-refractivity contribution in [2.75, 3.05) is 32.7 Å². The van der Waals surface area contributed by atoms with Gasteiger partial charge in [-0.2, -0.15) is 0 Å². The van der Waals surface area contributed by atoms with E-state index in [1.54, 1.807) is 11.3 Å². The second-order valence-corrected chi connectivity index (χ2v) is 7.36. The fraction of sp³-hybridized carbons (Fsp3) is 0.688. The quantitative estimate of drug-likeness (QED) is 0.309. The van der Waals surface area contributed by atoms with Crippen LogP contribution in [0.25, 0.3) is 0 Å². The first-order chi connectivity index (χ1) is 11.6. The monoisotopic (exact) mass is 480 g/mol. The van der Waals surface area contributed by atoms with Crippen molar-refractivity contribution in [2.45, 2.75) is 39.2 Å². The Morgan fingerprint density at radius 3 is 2.76 bits per heavy atom. The Bertz CT molecular complexity index is 557. The van der Waals surface area contributed by atoms with Crippen LogP contribution >= 0.6 is 35.3 Å². The number of primary amides is 1. The molecule has 0 bridgehead atoms. The van der Waals surface area contributed by atoms with Crippen LogP contribution in [0, 0.1) is 6.92 Å². The van der Waals surface area contributed by atoms with Crippen LogP contribution in [0.15, 0.2) is 11.2 Å². The number of aryl methyl sites for hydroxylation is 1. The molecular weight excluding hydrogens is 451 g/mol. The van der Waals surface area contributed by atoms with Gasteiger partial charge in [0.1, 0.15) is 0 Å². The normalized spacial score (nSPS) is 16.3. The van der Waals surface area contributed by atoms with Gasteiger partial charge < -0.3 is 16.4 Å². The van der Waals surface area contributed by atoms with Gasteiger partial charge >= 0.3 is 0 Å². The van der Waals surface area contributed by atoms with E-state index in [1.807, 2.05) is 6.20 Å². The summed E-state index contributed by atoms with van der Waals surface area (Å²) in [6.07, 6.45) is 4.76. The van der Waals surface area contributed by atoms with Gasteiger partial charge in [-0.05, 0) is 26.7 Å². The molecule has 1 aliphatic heterocycles. The number of rotatable bonds is 7. The second kappa shape index (κ2) is 11.6. The highest BCUT2D eigenvalue weighted by molar-refractivity contribution is 14.0. The molecule has 7 nitrogen and oxygen atoms in total. The van der Waals surface area contributed by atoms with Gasteiger partial charge in [0.25, 0.3) is 0 Å². The minimum atomic E-state index is -0.256. The highest BCUT2D eigenvalue weighted by Crippen LogP contribution is 2.12. The van der Waals surface area contributed by atoms with E-state index in [9.17, 15) is 4.79 Å². The molecule has 0 radical (unpaired) electrons. The summed E-state index contributed by atoms with van der Waals surface area (Å²) in [4.78, 5) is 23.3. The van der Waals surface area contributed by atoms with Gasteiger partial charge in [-0.15, -0.1) is 35.3 Å². The Kier molecular flexibility index (Phi) is 10.3. The van der Waals surface area contributed by atoms with Crippen molar-refractivity contribution in [3.8, 4) is 0 Å². The van der Waals surface area contributed by atoms with Crippen LogP contribution < -0.4 is 16.4 Å². The van der Waals surface area contributed by atoms with Crippen LogP contribution in [0.1, 0.15) is 29.7 Å². The molecular formula is C16H29IN6OS. The number of guanidine groups is 1. The minimum Gasteiger partial charge on any atom is -0.369 e. The van der Waals surface area contributed by atoms with Crippen molar-refractivity contribution in [1.29, 1.82) is 0 Å². The van der Waals surface area contributed by atoms with Crippen molar-refractivity contribution in [1.82, 2.24) is 20.5 Å². The lowest BCUT2D eigenvalue weighted by Crippen LogP contribution is -2.49. The lowest BCUT2D eigenvalue weighted by Gasteiger charge is -2.32. The molecule has 2 heterocycles. The summed E-state index contributed by atoms with van der Waals surface area (Å²) in [6, 6.07) is 0.383. The number of aromatic nitrogens is 1. The third-order valence-electron chi connectivity index (χ3n) is 3.92. The first-order valence-electron chi connectivity index (χ1n) is 8.53. The number of nitrogens with one attached hydrogen (secondary N) is 2. The molecule has 9 heteroatoms. The van der Waals surface area contributed by atoms with Crippen molar-refractivity contribution in [2.24, 2.45) is 10.7 Å². The molecule has 1 aromatic heterocycles. The third-order valence-corrected chi connectivity index (χ3v) is 4.89. The number of nitrogens with two attached hydrogens (primary N) is 1. The van der Waals surface area contributed by atoms with Gasteiger partial charge in [0.2, 0.25) is 5.91 Å². The molecule has 0 unspecified atom stereocenters. The maximum absolute atomic E-state index is 11.0. The number of carbonyl (C=O) groups excluding carboxylic acids is 1. The summed E-state index contributed by atoms with van der Waals surface area (Å²) in [6.45, 7) is 7.83. The van der Waals surface area contributed by atoms with E-state index in [-0.39, 0.29) is 29.9 Å². The highest BCUT2D eigenvalue weighted by Gasteiger charge is 2.20. The number of nitrogens with zero attached hydrogens (tertiary/aromatic N) is 3. The summed E-state index contributed by atoms with van der Waals surface area (Å²) < 4.78 is 0. The third kappa shape index (κ3) is 8.32. The van der Waals surface area contributed by atoms with Crippen molar-refractivity contribution < 1.29 is 4.79 Å².